The predicted octanol–water partition coefficient (Wildman–Crippen LogP) is 2.36. The topological polar surface area (TPSA) is 67.4 Å². The van der Waals surface area contributed by atoms with Gasteiger partial charge in [-0.2, -0.15) is 0 Å². The van der Waals surface area contributed by atoms with E-state index in [1.54, 1.807) is 6.07 Å². The van der Waals surface area contributed by atoms with E-state index in [-0.39, 0.29) is 35.4 Å². The number of rotatable bonds is 3. The normalized spacial score (nSPS) is 27.0. The lowest BCUT2D eigenvalue weighted by atomic mass is 9.97. The summed E-state index contributed by atoms with van der Waals surface area (Å²) in [6.07, 6.45) is 1.50. The summed E-state index contributed by atoms with van der Waals surface area (Å²) in [5.41, 5.74) is 0.860. The van der Waals surface area contributed by atoms with E-state index in [0.717, 1.165) is 25.1 Å². The molecule has 2 N–H and O–H groups in total. The van der Waals surface area contributed by atoms with Crippen LogP contribution in [-0.4, -0.2) is 33.7 Å². The standard InChI is InChI=1S/C15H21ClN2O3S.ClH/c1-9-8-17-4-3-14(9)18-22(19,20)12-6-11-5-10(2)21-15(11)13(16)7-12;/h6-7,9-10,14,17-18H,3-5,8H2,1-2H3;1H. The Bertz CT molecular complexity index is 682. The number of nitrogens with one attached hydrogen (secondary N) is 2. The molecule has 5 nitrogen and oxygen atoms in total. The molecular formula is C15H22Cl2N2O3S. The van der Waals surface area contributed by atoms with E-state index in [2.05, 4.69) is 10.0 Å². The number of fused-ring (bicyclic) bond motifs is 1. The molecule has 1 fully saturated rings. The highest BCUT2D eigenvalue weighted by atomic mass is 35.5. The van der Waals surface area contributed by atoms with E-state index < -0.39 is 10.0 Å². The molecular weight excluding hydrogens is 359 g/mol. The third-order valence-electron chi connectivity index (χ3n) is 4.32. The molecule has 2 aliphatic heterocycles. The van der Waals surface area contributed by atoms with E-state index in [1.807, 2.05) is 13.8 Å². The second-order valence-corrected chi connectivity index (χ2v) is 8.34. The molecule has 8 heteroatoms. The minimum Gasteiger partial charge on any atom is -0.489 e. The molecule has 1 aromatic carbocycles. The second-order valence-electron chi connectivity index (χ2n) is 6.22. The number of piperidine rings is 1. The fourth-order valence-corrected chi connectivity index (χ4v) is 4.87. The first-order chi connectivity index (χ1) is 10.4. The van der Waals surface area contributed by atoms with Crippen molar-refractivity contribution < 1.29 is 13.2 Å². The Labute approximate surface area is 148 Å². The second kappa shape index (κ2) is 7.15. The van der Waals surface area contributed by atoms with Crippen LogP contribution in [0.4, 0.5) is 0 Å². The highest BCUT2D eigenvalue weighted by Crippen LogP contribution is 2.38. The number of halogens is 2. The van der Waals surface area contributed by atoms with Gasteiger partial charge >= 0.3 is 0 Å². The van der Waals surface area contributed by atoms with Crippen molar-refractivity contribution >= 4 is 34.0 Å². The lowest BCUT2D eigenvalue weighted by Crippen LogP contribution is -2.48. The van der Waals surface area contributed by atoms with Crippen molar-refractivity contribution in [1.29, 1.82) is 0 Å². The van der Waals surface area contributed by atoms with Crippen LogP contribution in [0.1, 0.15) is 25.8 Å². The van der Waals surface area contributed by atoms with Gasteiger partial charge in [-0.25, -0.2) is 13.1 Å². The van der Waals surface area contributed by atoms with Crippen LogP contribution in [0.5, 0.6) is 5.75 Å². The zero-order valence-corrected chi connectivity index (χ0v) is 15.5. The minimum absolute atomic E-state index is 0. The third-order valence-corrected chi connectivity index (χ3v) is 6.07. The van der Waals surface area contributed by atoms with Crippen molar-refractivity contribution in [2.24, 2.45) is 5.92 Å². The number of sulfonamides is 1. The number of hydrogen-bond acceptors (Lipinski definition) is 4. The average molecular weight is 381 g/mol. The monoisotopic (exact) mass is 380 g/mol. The van der Waals surface area contributed by atoms with Crippen LogP contribution in [0.3, 0.4) is 0 Å². The van der Waals surface area contributed by atoms with Crippen molar-refractivity contribution in [2.45, 2.75) is 43.7 Å². The van der Waals surface area contributed by atoms with Gasteiger partial charge in [-0.1, -0.05) is 18.5 Å². The summed E-state index contributed by atoms with van der Waals surface area (Å²) < 4.78 is 33.7. The lowest BCUT2D eigenvalue weighted by molar-refractivity contribution is 0.255. The van der Waals surface area contributed by atoms with Crippen LogP contribution in [-0.2, 0) is 16.4 Å². The number of benzene rings is 1. The van der Waals surface area contributed by atoms with E-state index in [9.17, 15) is 8.42 Å². The Morgan fingerprint density at radius 2 is 2.09 bits per heavy atom. The fraction of sp³-hybridized carbons (Fsp3) is 0.600. The van der Waals surface area contributed by atoms with Crippen LogP contribution in [0.15, 0.2) is 17.0 Å². The van der Waals surface area contributed by atoms with Gasteiger partial charge in [-0.3, -0.25) is 0 Å². The highest BCUT2D eigenvalue weighted by molar-refractivity contribution is 7.89. The van der Waals surface area contributed by atoms with Crippen LogP contribution < -0.4 is 14.8 Å². The van der Waals surface area contributed by atoms with Crippen molar-refractivity contribution in [3.63, 3.8) is 0 Å². The molecule has 130 valence electrons. The zero-order valence-electron chi connectivity index (χ0n) is 13.1. The molecule has 0 radical (unpaired) electrons. The smallest absolute Gasteiger partial charge is 0.240 e. The number of ether oxygens (including phenoxy) is 1. The maximum atomic E-state index is 12.6. The van der Waals surface area contributed by atoms with Gasteiger partial charge in [0, 0.05) is 18.0 Å². The quantitative estimate of drug-likeness (QED) is 0.844. The van der Waals surface area contributed by atoms with E-state index in [4.69, 9.17) is 16.3 Å². The SMILES string of the molecule is CC1Cc2cc(S(=O)(=O)NC3CCNCC3C)cc(Cl)c2O1.Cl. The Hall–Kier alpha value is -0.530. The van der Waals surface area contributed by atoms with E-state index >= 15 is 0 Å². The van der Waals surface area contributed by atoms with Crippen LogP contribution >= 0.6 is 24.0 Å². The Balaban J connectivity index is 0.00000192. The molecule has 0 amide bonds. The average Bonchev–Trinajstić information content (AvgIpc) is 2.82. The first-order valence-corrected chi connectivity index (χ1v) is 9.45. The first kappa shape index (κ1) is 18.8. The van der Waals surface area contributed by atoms with Gasteiger partial charge in [0.05, 0.1) is 9.92 Å². The first-order valence-electron chi connectivity index (χ1n) is 7.59. The van der Waals surface area contributed by atoms with Gasteiger partial charge in [0.2, 0.25) is 10.0 Å². The van der Waals surface area contributed by atoms with Crippen LogP contribution in [0.25, 0.3) is 0 Å². The van der Waals surface area contributed by atoms with Gasteiger partial charge in [0.25, 0.3) is 0 Å². The fourth-order valence-electron chi connectivity index (χ4n) is 3.07. The van der Waals surface area contributed by atoms with Crippen LogP contribution in [0, 0.1) is 5.92 Å². The summed E-state index contributed by atoms with van der Waals surface area (Å²) in [6.45, 7) is 5.64. The summed E-state index contributed by atoms with van der Waals surface area (Å²) in [4.78, 5) is 0.222. The highest BCUT2D eigenvalue weighted by Gasteiger charge is 2.29. The van der Waals surface area contributed by atoms with Gasteiger partial charge < -0.3 is 10.1 Å². The van der Waals surface area contributed by atoms with Crippen molar-refractivity contribution in [2.75, 3.05) is 13.1 Å². The maximum Gasteiger partial charge on any atom is 0.240 e. The molecule has 1 saturated heterocycles. The Morgan fingerprint density at radius 3 is 2.78 bits per heavy atom. The Morgan fingerprint density at radius 1 is 1.35 bits per heavy atom. The molecule has 0 saturated carbocycles. The minimum atomic E-state index is -3.57. The summed E-state index contributed by atoms with van der Waals surface area (Å²) in [6, 6.07) is 3.11. The summed E-state index contributed by atoms with van der Waals surface area (Å²) >= 11 is 6.19. The molecule has 0 spiro atoms. The van der Waals surface area contributed by atoms with Gasteiger partial charge in [-0.15, -0.1) is 12.4 Å². The number of hydrogen-bond donors (Lipinski definition) is 2. The summed E-state index contributed by atoms with van der Waals surface area (Å²) in [5.74, 6) is 0.875. The molecule has 3 unspecified atom stereocenters. The Kier molecular flexibility index (Phi) is 5.85. The van der Waals surface area contributed by atoms with Gasteiger partial charge in [0.15, 0.2) is 0 Å². The lowest BCUT2D eigenvalue weighted by Gasteiger charge is -2.30. The molecule has 2 heterocycles. The van der Waals surface area contributed by atoms with E-state index in [1.165, 1.54) is 6.07 Å². The predicted molar refractivity (Wildman–Crippen MR) is 93.3 cm³/mol. The largest absolute Gasteiger partial charge is 0.489 e. The summed E-state index contributed by atoms with van der Waals surface area (Å²) in [5, 5.41) is 3.63. The third kappa shape index (κ3) is 3.94. The molecule has 0 aromatic heterocycles. The summed E-state index contributed by atoms with van der Waals surface area (Å²) in [7, 11) is -3.57. The van der Waals surface area contributed by atoms with Crippen molar-refractivity contribution in [3.8, 4) is 5.75 Å². The molecule has 2 aliphatic rings. The van der Waals surface area contributed by atoms with Crippen LogP contribution in [0.2, 0.25) is 5.02 Å². The molecule has 23 heavy (non-hydrogen) atoms. The molecule has 3 atom stereocenters. The van der Waals surface area contributed by atoms with Gasteiger partial charge in [-0.05, 0) is 44.5 Å². The van der Waals surface area contributed by atoms with E-state index in [0.29, 0.717) is 17.2 Å². The molecule has 0 bridgehead atoms. The molecule has 1 aromatic rings. The van der Waals surface area contributed by atoms with Crippen molar-refractivity contribution in [3.05, 3.63) is 22.7 Å². The molecule has 3 rings (SSSR count). The molecule has 0 aliphatic carbocycles. The maximum absolute atomic E-state index is 12.6. The van der Waals surface area contributed by atoms with Crippen molar-refractivity contribution in [1.82, 2.24) is 10.0 Å². The van der Waals surface area contributed by atoms with Gasteiger partial charge in [0.1, 0.15) is 11.9 Å². The zero-order chi connectivity index (χ0) is 15.9.